The Kier molecular flexibility index (Phi) is 5.66. The lowest BCUT2D eigenvalue weighted by molar-refractivity contribution is 0.0695. The fourth-order valence-electron chi connectivity index (χ4n) is 2.14. The first kappa shape index (κ1) is 16.1. The minimum absolute atomic E-state index is 0.0145. The summed E-state index contributed by atoms with van der Waals surface area (Å²) in [6.45, 7) is 4.35. The van der Waals surface area contributed by atoms with E-state index in [9.17, 15) is 14.7 Å². The highest BCUT2D eigenvalue weighted by molar-refractivity contribution is 5.95. The molecule has 1 rings (SSSR count). The Balaban J connectivity index is 3.35. The van der Waals surface area contributed by atoms with Gasteiger partial charge in [0.25, 0.3) is 0 Å². The molecule has 0 amide bonds. The number of aromatic carboxylic acids is 2. The van der Waals surface area contributed by atoms with Crippen LogP contribution in [-0.2, 0) is 6.54 Å². The Morgan fingerprint density at radius 3 is 2.30 bits per heavy atom. The lowest BCUT2D eigenvalue weighted by Crippen LogP contribution is -2.20. The molecule has 0 aliphatic heterocycles. The molecular formula is C14H19NO5. The highest BCUT2D eigenvalue weighted by Crippen LogP contribution is 2.26. The highest BCUT2D eigenvalue weighted by Gasteiger charge is 2.20. The Labute approximate surface area is 117 Å². The van der Waals surface area contributed by atoms with Gasteiger partial charge in [-0.05, 0) is 29.2 Å². The van der Waals surface area contributed by atoms with Crippen LogP contribution in [0.1, 0.15) is 51.6 Å². The second-order valence-corrected chi connectivity index (χ2v) is 4.76. The van der Waals surface area contributed by atoms with E-state index in [0.29, 0.717) is 24.2 Å². The number of aliphatic hydroxyl groups excluding tert-OH is 1. The Hall–Kier alpha value is -1.92. The molecular weight excluding hydrogens is 262 g/mol. The molecule has 0 aliphatic carbocycles. The third kappa shape index (κ3) is 3.79. The van der Waals surface area contributed by atoms with Crippen molar-refractivity contribution in [2.75, 3.05) is 13.2 Å². The van der Waals surface area contributed by atoms with Crippen molar-refractivity contribution in [2.24, 2.45) is 0 Å². The second kappa shape index (κ2) is 7.02. The quantitative estimate of drug-likeness (QED) is 0.561. The van der Waals surface area contributed by atoms with Gasteiger partial charge in [0, 0.05) is 13.1 Å². The summed E-state index contributed by atoms with van der Waals surface area (Å²) >= 11 is 0. The van der Waals surface area contributed by atoms with E-state index in [0.717, 1.165) is 0 Å². The molecule has 0 fully saturated rings. The summed E-state index contributed by atoms with van der Waals surface area (Å²) in [4.78, 5) is 22.4. The SMILES string of the molecule is CC(C)c1c(CNCCO)cc(C(=O)O)cc1C(=O)O. The van der Waals surface area contributed by atoms with Crippen LogP contribution in [0.3, 0.4) is 0 Å². The maximum absolute atomic E-state index is 11.3. The summed E-state index contributed by atoms with van der Waals surface area (Å²) in [5, 5.41) is 30.0. The number of rotatable bonds is 7. The third-order valence-corrected chi connectivity index (χ3v) is 2.92. The molecule has 0 heterocycles. The molecule has 0 saturated carbocycles. The van der Waals surface area contributed by atoms with E-state index in [4.69, 9.17) is 10.2 Å². The number of nitrogens with one attached hydrogen (secondary N) is 1. The van der Waals surface area contributed by atoms with Crippen LogP contribution < -0.4 is 5.32 Å². The van der Waals surface area contributed by atoms with Gasteiger partial charge in [0.05, 0.1) is 17.7 Å². The maximum Gasteiger partial charge on any atom is 0.336 e. The molecule has 0 saturated heterocycles. The zero-order valence-electron chi connectivity index (χ0n) is 11.5. The van der Waals surface area contributed by atoms with Crippen LogP contribution in [0.2, 0.25) is 0 Å². The number of carboxylic acids is 2. The fraction of sp³-hybridized carbons (Fsp3) is 0.429. The number of benzene rings is 1. The molecule has 0 aromatic heterocycles. The van der Waals surface area contributed by atoms with Crippen molar-refractivity contribution < 1.29 is 24.9 Å². The molecule has 110 valence electrons. The lowest BCUT2D eigenvalue weighted by atomic mass is 9.90. The molecule has 0 spiro atoms. The van der Waals surface area contributed by atoms with Crippen molar-refractivity contribution in [3.8, 4) is 0 Å². The van der Waals surface area contributed by atoms with Crippen molar-refractivity contribution >= 4 is 11.9 Å². The van der Waals surface area contributed by atoms with E-state index in [1.54, 1.807) is 0 Å². The maximum atomic E-state index is 11.3. The van der Waals surface area contributed by atoms with Gasteiger partial charge >= 0.3 is 11.9 Å². The van der Waals surface area contributed by atoms with Crippen LogP contribution in [0.25, 0.3) is 0 Å². The molecule has 6 nitrogen and oxygen atoms in total. The lowest BCUT2D eigenvalue weighted by Gasteiger charge is -2.17. The van der Waals surface area contributed by atoms with E-state index in [-0.39, 0.29) is 23.7 Å². The standard InChI is InChI=1S/C14H19NO5/c1-8(2)12-10(7-15-3-4-16)5-9(13(17)18)6-11(12)14(19)20/h5-6,8,15-16H,3-4,7H2,1-2H3,(H,17,18)(H,19,20). The van der Waals surface area contributed by atoms with Crippen molar-refractivity contribution in [1.82, 2.24) is 5.32 Å². The first-order chi connectivity index (χ1) is 9.38. The largest absolute Gasteiger partial charge is 0.478 e. The van der Waals surface area contributed by atoms with Crippen molar-refractivity contribution in [3.05, 3.63) is 34.4 Å². The number of hydrogen-bond donors (Lipinski definition) is 4. The van der Waals surface area contributed by atoms with E-state index in [1.165, 1.54) is 12.1 Å². The fourth-order valence-corrected chi connectivity index (χ4v) is 2.14. The average Bonchev–Trinajstić information content (AvgIpc) is 2.37. The van der Waals surface area contributed by atoms with Gasteiger partial charge in [0.15, 0.2) is 0 Å². The van der Waals surface area contributed by atoms with E-state index >= 15 is 0 Å². The third-order valence-electron chi connectivity index (χ3n) is 2.92. The molecule has 0 atom stereocenters. The van der Waals surface area contributed by atoms with Crippen LogP contribution in [-0.4, -0.2) is 40.4 Å². The summed E-state index contributed by atoms with van der Waals surface area (Å²) in [7, 11) is 0. The smallest absolute Gasteiger partial charge is 0.336 e. The molecule has 4 N–H and O–H groups in total. The van der Waals surface area contributed by atoms with Crippen LogP contribution >= 0.6 is 0 Å². The van der Waals surface area contributed by atoms with Gasteiger partial charge in [0.1, 0.15) is 0 Å². The predicted molar refractivity (Wildman–Crippen MR) is 73.2 cm³/mol. The van der Waals surface area contributed by atoms with Crippen molar-refractivity contribution in [2.45, 2.75) is 26.3 Å². The molecule has 0 aliphatic rings. The normalized spacial score (nSPS) is 10.8. The summed E-state index contributed by atoms with van der Waals surface area (Å²) in [5.74, 6) is -2.35. The number of carbonyl (C=O) groups is 2. The van der Waals surface area contributed by atoms with Gasteiger partial charge in [-0.1, -0.05) is 13.8 Å². The predicted octanol–water partition coefficient (Wildman–Crippen LogP) is 1.29. The van der Waals surface area contributed by atoms with Gasteiger partial charge in [0.2, 0.25) is 0 Å². The van der Waals surface area contributed by atoms with Crippen LogP contribution in [0.4, 0.5) is 0 Å². The molecule has 0 radical (unpaired) electrons. The van der Waals surface area contributed by atoms with Gasteiger partial charge < -0.3 is 20.6 Å². The van der Waals surface area contributed by atoms with Gasteiger partial charge in [-0.15, -0.1) is 0 Å². The summed E-state index contributed by atoms with van der Waals surface area (Å²) < 4.78 is 0. The number of carboxylic acid groups (broad SMARTS) is 2. The molecule has 1 aromatic rings. The van der Waals surface area contributed by atoms with E-state index < -0.39 is 11.9 Å². The molecule has 0 bridgehead atoms. The molecule has 1 aromatic carbocycles. The topological polar surface area (TPSA) is 107 Å². The average molecular weight is 281 g/mol. The minimum Gasteiger partial charge on any atom is -0.478 e. The zero-order chi connectivity index (χ0) is 15.3. The second-order valence-electron chi connectivity index (χ2n) is 4.76. The highest BCUT2D eigenvalue weighted by atomic mass is 16.4. The van der Waals surface area contributed by atoms with Crippen molar-refractivity contribution in [3.63, 3.8) is 0 Å². The molecule has 20 heavy (non-hydrogen) atoms. The minimum atomic E-state index is -1.16. The van der Waals surface area contributed by atoms with Crippen molar-refractivity contribution in [1.29, 1.82) is 0 Å². The van der Waals surface area contributed by atoms with Gasteiger partial charge in [-0.2, -0.15) is 0 Å². The number of hydrogen-bond acceptors (Lipinski definition) is 4. The zero-order valence-corrected chi connectivity index (χ0v) is 11.5. The van der Waals surface area contributed by atoms with E-state index in [2.05, 4.69) is 5.32 Å². The van der Waals surface area contributed by atoms with Gasteiger partial charge in [-0.3, -0.25) is 0 Å². The molecule has 6 heteroatoms. The van der Waals surface area contributed by atoms with Gasteiger partial charge in [-0.25, -0.2) is 9.59 Å². The van der Waals surface area contributed by atoms with Crippen LogP contribution in [0.5, 0.6) is 0 Å². The first-order valence-electron chi connectivity index (χ1n) is 6.33. The summed E-state index contributed by atoms with van der Waals surface area (Å²) in [5.41, 5.74) is 1.21. The Bertz CT molecular complexity index is 511. The summed E-state index contributed by atoms with van der Waals surface area (Å²) in [6.07, 6.45) is 0. The number of aliphatic hydroxyl groups is 1. The molecule has 0 unspecified atom stereocenters. The Morgan fingerprint density at radius 1 is 1.20 bits per heavy atom. The monoisotopic (exact) mass is 281 g/mol. The Morgan fingerprint density at radius 2 is 1.85 bits per heavy atom. The van der Waals surface area contributed by atoms with E-state index in [1.807, 2.05) is 13.8 Å². The first-order valence-corrected chi connectivity index (χ1v) is 6.33. The summed E-state index contributed by atoms with van der Waals surface area (Å²) in [6, 6.07) is 2.67. The van der Waals surface area contributed by atoms with Crippen LogP contribution in [0.15, 0.2) is 12.1 Å². The van der Waals surface area contributed by atoms with Crippen LogP contribution in [0, 0.1) is 0 Å².